The van der Waals surface area contributed by atoms with Gasteiger partial charge in [-0.15, -0.1) is 11.3 Å². The molecular formula is C19H16FN3OS. The van der Waals surface area contributed by atoms with Crippen molar-refractivity contribution in [3.63, 3.8) is 0 Å². The summed E-state index contributed by atoms with van der Waals surface area (Å²) >= 11 is 1.22. The Kier molecular flexibility index (Phi) is 4.28. The third-order valence-electron chi connectivity index (χ3n) is 4.16. The van der Waals surface area contributed by atoms with Gasteiger partial charge in [-0.05, 0) is 43.0 Å². The fraction of sp³-hybridized carbons (Fsp3) is 0.211. The molecule has 3 aromatic rings. The molecule has 1 fully saturated rings. The maximum absolute atomic E-state index is 14.0. The highest BCUT2D eigenvalue weighted by molar-refractivity contribution is 7.17. The monoisotopic (exact) mass is 353 g/mol. The largest absolute Gasteiger partial charge is 0.306 e. The molecular weight excluding hydrogens is 337 g/mol. The summed E-state index contributed by atoms with van der Waals surface area (Å²) < 4.78 is 14.0. The van der Waals surface area contributed by atoms with E-state index in [-0.39, 0.29) is 11.7 Å². The van der Waals surface area contributed by atoms with Crippen molar-refractivity contribution < 1.29 is 9.18 Å². The van der Waals surface area contributed by atoms with E-state index < -0.39 is 0 Å². The van der Waals surface area contributed by atoms with Gasteiger partial charge in [0.1, 0.15) is 15.7 Å². The third kappa shape index (κ3) is 3.44. The highest BCUT2D eigenvalue weighted by Gasteiger charge is 2.29. The molecule has 1 saturated carbocycles. The van der Waals surface area contributed by atoms with Crippen molar-refractivity contribution >= 4 is 22.9 Å². The SMILES string of the molecule is O=C(c1cnc(-c2ccccc2F)s1)N(CC1CC1)c1cccnc1. The minimum Gasteiger partial charge on any atom is -0.306 e. The molecule has 25 heavy (non-hydrogen) atoms. The second kappa shape index (κ2) is 6.72. The minimum atomic E-state index is -0.335. The lowest BCUT2D eigenvalue weighted by molar-refractivity contribution is 0.0989. The van der Waals surface area contributed by atoms with E-state index >= 15 is 0 Å². The summed E-state index contributed by atoms with van der Waals surface area (Å²) in [5.74, 6) is 0.0982. The summed E-state index contributed by atoms with van der Waals surface area (Å²) in [5, 5.41) is 0.513. The standard InChI is InChI=1S/C19H16FN3OS/c20-16-6-2-1-5-15(16)18-22-11-17(25-18)19(24)23(12-13-7-8-13)14-4-3-9-21-10-14/h1-6,9-11,13H,7-8,12H2. The van der Waals surface area contributed by atoms with Crippen molar-refractivity contribution in [2.75, 3.05) is 11.4 Å². The topological polar surface area (TPSA) is 46.1 Å². The highest BCUT2D eigenvalue weighted by atomic mass is 32.1. The van der Waals surface area contributed by atoms with E-state index in [1.165, 1.54) is 23.6 Å². The molecule has 2 heterocycles. The number of pyridine rings is 1. The molecule has 2 aromatic heterocycles. The summed E-state index contributed by atoms with van der Waals surface area (Å²) in [6.07, 6.45) is 7.21. The molecule has 0 aliphatic heterocycles. The minimum absolute atomic E-state index is 0.111. The van der Waals surface area contributed by atoms with Gasteiger partial charge in [-0.1, -0.05) is 12.1 Å². The molecule has 0 bridgehead atoms. The number of anilines is 1. The van der Waals surface area contributed by atoms with E-state index in [9.17, 15) is 9.18 Å². The van der Waals surface area contributed by atoms with Gasteiger partial charge >= 0.3 is 0 Å². The van der Waals surface area contributed by atoms with Crippen LogP contribution in [0.1, 0.15) is 22.5 Å². The van der Waals surface area contributed by atoms with Crippen LogP contribution in [0.2, 0.25) is 0 Å². The van der Waals surface area contributed by atoms with Crippen LogP contribution in [0, 0.1) is 11.7 Å². The van der Waals surface area contributed by atoms with Crippen LogP contribution >= 0.6 is 11.3 Å². The van der Waals surface area contributed by atoms with Gasteiger partial charge in [-0.25, -0.2) is 9.37 Å². The van der Waals surface area contributed by atoms with Gasteiger partial charge in [0, 0.05) is 18.3 Å². The van der Waals surface area contributed by atoms with Crippen molar-refractivity contribution in [2.45, 2.75) is 12.8 Å². The van der Waals surface area contributed by atoms with Crippen molar-refractivity contribution in [2.24, 2.45) is 5.92 Å². The number of rotatable bonds is 5. The number of carbonyl (C=O) groups excluding carboxylic acids is 1. The van der Waals surface area contributed by atoms with Crippen LogP contribution in [0.4, 0.5) is 10.1 Å². The van der Waals surface area contributed by atoms with Crippen LogP contribution in [0.15, 0.2) is 55.0 Å². The number of carbonyl (C=O) groups is 1. The average Bonchev–Trinajstić information content (AvgIpc) is 3.34. The van der Waals surface area contributed by atoms with Crippen LogP contribution < -0.4 is 4.90 Å². The van der Waals surface area contributed by atoms with Crippen LogP contribution in [0.5, 0.6) is 0 Å². The smallest absolute Gasteiger partial charge is 0.270 e. The molecule has 0 N–H and O–H groups in total. The van der Waals surface area contributed by atoms with E-state index in [1.54, 1.807) is 35.5 Å². The number of amides is 1. The Hall–Kier alpha value is -2.60. The van der Waals surface area contributed by atoms with Gasteiger partial charge in [-0.2, -0.15) is 0 Å². The summed E-state index contributed by atoms with van der Waals surface area (Å²) in [6.45, 7) is 0.678. The molecule has 126 valence electrons. The molecule has 6 heteroatoms. The number of halogens is 1. The summed E-state index contributed by atoms with van der Waals surface area (Å²) in [7, 11) is 0. The molecule has 0 radical (unpaired) electrons. The maximum atomic E-state index is 14.0. The van der Waals surface area contributed by atoms with Gasteiger partial charge in [0.05, 0.1) is 18.1 Å². The fourth-order valence-electron chi connectivity index (χ4n) is 2.64. The highest BCUT2D eigenvalue weighted by Crippen LogP contribution is 2.33. The van der Waals surface area contributed by atoms with E-state index in [1.807, 2.05) is 12.1 Å². The van der Waals surface area contributed by atoms with Crippen molar-refractivity contribution in [1.82, 2.24) is 9.97 Å². The number of hydrogen-bond donors (Lipinski definition) is 0. The Bertz CT molecular complexity index is 892. The zero-order valence-corrected chi connectivity index (χ0v) is 14.2. The number of hydrogen-bond acceptors (Lipinski definition) is 4. The van der Waals surface area contributed by atoms with Gasteiger partial charge in [-0.3, -0.25) is 9.78 Å². The van der Waals surface area contributed by atoms with Crippen molar-refractivity contribution in [3.8, 4) is 10.6 Å². The molecule has 0 spiro atoms. The Balaban J connectivity index is 1.63. The van der Waals surface area contributed by atoms with Gasteiger partial charge in [0.15, 0.2) is 0 Å². The Morgan fingerprint density at radius 1 is 1.20 bits per heavy atom. The summed E-state index contributed by atoms with van der Waals surface area (Å²) in [4.78, 5) is 23.6. The van der Waals surface area contributed by atoms with Gasteiger partial charge < -0.3 is 4.90 Å². The number of thiazole rings is 1. The van der Waals surface area contributed by atoms with E-state index in [0.717, 1.165) is 18.5 Å². The predicted octanol–water partition coefficient (Wildman–Crippen LogP) is 4.40. The van der Waals surface area contributed by atoms with Gasteiger partial charge in [0.25, 0.3) is 5.91 Å². The lowest BCUT2D eigenvalue weighted by Gasteiger charge is -2.21. The second-order valence-electron chi connectivity index (χ2n) is 6.08. The molecule has 4 nitrogen and oxygen atoms in total. The summed E-state index contributed by atoms with van der Waals surface area (Å²) in [6, 6.07) is 10.2. The number of aromatic nitrogens is 2. The van der Waals surface area contributed by atoms with Crippen molar-refractivity contribution in [3.05, 3.63) is 65.7 Å². The Morgan fingerprint density at radius 2 is 2.04 bits per heavy atom. The number of nitrogens with zero attached hydrogens (tertiary/aromatic N) is 3. The first-order valence-corrected chi connectivity index (χ1v) is 8.96. The first kappa shape index (κ1) is 15.9. The molecule has 0 unspecified atom stereocenters. The lowest BCUT2D eigenvalue weighted by Crippen LogP contribution is -2.32. The first-order chi connectivity index (χ1) is 12.2. The van der Waals surface area contributed by atoms with Crippen LogP contribution in [-0.4, -0.2) is 22.4 Å². The third-order valence-corrected chi connectivity index (χ3v) is 5.18. The Labute approximate surface area is 149 Å². The number of benzene rings is 1. The second-order valence-corrected chi connectivity index (χ2v) is 7.11. The average molecular weight is 353 g/mol. The molecule has 4 rings (SSSR count). The molecule has 1 aliphatic carbocycles. The Morgan fingerprint density at radius 3 is 2.76 bits per heavy atom. The van der Waals surface area contributed by atoms with Gasteiger partial charge in [0.2, 0.25) is 0 Å². The molecule has 1 aliphatic rings. The zero-order chi connectivity index (χ0) is 17.2. The van der Waals surface area contributed by atoms with E-state index in [0.29, 0.717) is 27.9 Å². The first-order valence-electron chi connectivity index (χ1n) is 8.15. The summed E-state index contributed by atoms with van der Waals surface area (Å²) in [5.41, 5.74) is 1.20. The predicted molar refractivity (Wildman–Crippen MR) is 96.1 cm³/mol. The lowest BCUT2D eigenvalue weighted by atomic mass is 10.2. The zero-order valence-electron chi connectivity index (χ0n) is 13.4. The fourth-order valence-corrected chi connectivity index (χ4v) is 3.53. The van der Waals surface area contributed by atoms with Crippen LogP contribution in [0.3, 0.4) is 0 Å². The van der Waals surface area contributed by atoms with E-state index in [4.69, 9.17) is 0 Å². The molecule has 0 saturated heterocycles. The van der Waals surface area contributed by atoms with E-state index in [2.05, 4.69) is 9.97 Å². The molecule has 1 aromatic carbocycles. The normalized spacial score (nSPS) is 13.6. The maximum Gasteiger partial charge on any atom is 0.270 e. The molecule has 0 atom stereocenters. The quantitative estimate of drug-likeness (QED) is 0.683. The molecule has 1 amide bonds. The van der Waals surface area contributed by atoms with Crippen LogP contribution in [-0.2, 0) is 0 Å². The van der Waals surface area contributed by atoms with Crippen molar-refractivity contribution in [1.29, 1.82) is 0 Å². The van der Waals surface area contributed by atoms with Crippen LogP contribution in [0.25, 0.3) is 10.6 Å².